The highest BCUT2D eigenvalue weighted by Gasteiger charge is 2.19. The monoisotopic (exact) mass is 339 g/mol. The van der Waals surface area contributed by atoms with Gasteiger partial charge in [0.05, 0.1) is 0 Å². The summed E-state index contributed by atoms with van der Waals surface area (Å²) >= 11 is 0. The van der Waals surface area contributed by atoms with Crippen molar-refractivity contribution in [3.63, 3.8) is 0 Å². The van der Waals surface area contributed by atoms with E-state index in [0.717, 1.165) is 36.7 Å². The molecule has 0 aliphatic carbocycles. The molecule has 0 saturated carbocycles. The van der Waals surface area contributed by atoms with E-state index in [9.17, 15) is 4.79 Å². The quantitative estimate of drug-likeness (QED) is 0.928. The van der Waals surface area contributed by atoms with Gasteiger partial charge in [0.25, 0.3) is 5.91 Å². The van der Waals surface area contributed by atoms with Gasteiger partial charge in [0.15, 0.2) is 0 Å². The topological polar surface area (TPSA) is 61.4 Å². The molecule has 2 heterocycles. The van der Waals surface area contributed by atoms with Crippen LogP contribution in [0.1, 0.15) is 30.3 Å². The molecule has 0 radical (unpaired) electrons. The lowest BCUT2D eigenvalue weighted by Gasteiger charge is -2.31. The molecule has 1 amide bonds. The molecular formula is C19H25N5O. The van der Waals surface area contributed by atoms with E-state index in [-0.39, 0.29) is 5.91 Å². The molecule has 1 N–H and O–H groups in total. The average Bonchev–Trinajstić information content (AvgIpc) is 2.62. The van der Waals surface area contributed by atoms with Crippen LogP contribution in [0.5, 0.6) is 0 Å². The van der Waals surface area contributed by atoms with Gasteiger partial charge in [-0.05, 0) is 43.0 Å². The molecule has 1 aromatic heterocycles. The third kappa shape index (κ3) is 4.26. The first-order valence-corrected chi connectivity index (χ1v) is 8.68. The molecule has 1 unspecified atom stereocenters. The van der Waals surface area contributed by atoms with Gasteiger partial charge < -0.3 is 15.1 Å². The predicted molar refractivity (Wildman–Crippen MR) is 101 cm³/mol. The second kappa shape index (κ2) is 7.51. The maximum Gasteiger partial charge on any atom is 0.274 e. The summed E-state index contributed by atoms with van der Waals surface area (Å²) in [7, 11) is 3.97. The molecule has 1 atom stereocenters. The highest BCUT2D eigenvalue weighted by molar-refractivity contribution is 6.03. The zero-order valence-corrected chi connectivity index (χ0v) is 15.1. The zero-order valence-electron chi connectivity index (χ0n) is 15.1. The van der Waals surface area contributed by atoms with E-state index in [1.54, 1.807) is 6.07 Å². The fourth-order valence-corrected chi connectivity index (χ4v) is 3.08. The number of anilines is 3. The van der Waals surface area contributed by atoms with Crippen molar-refractivity contribution in [3.8, 4) is 0 Å². The number of hydrogen-bond acceptors (Lipinski definition) is 5. The lowest BCUT2D eigenvalue weighted by molar-refractivity contribution is 0.102. The first-order valence-electron chi connectivity index (χ1n) is 8.68. The lowest BCUT2D eigenvalue weighted by atomic mass is 10.0. The first kappa shape index (κ1) is 17.2. The van der Waals surface area contributed by atoms with Crippen LogP contribution in [0.25, 0.3) is 0 Å². The van der Waals surface area contributed by atoms with Gasteiger partial charge in [0.1, 0.15) is 17.8 Å². The van der Waals surface area contributed by atoms with Gasteiger partial charge in [-0.3, -0.25) is 4.79 Å². The van der Waals surface area contributed by atoms with Crippen LogP contribution < -0.4 is 15.1 Å². The molecular weight excluding hydrogens is 314 g/mol. The van der Waals surface area contributed by atoms with Crippen LogP contribution >= 0.6 is 0 Å². The summed E-state index contributed by atoms with van der Waals surface area (Å²) in [6.45, 7) is 4.21. The number of benzene rings is 1. The van der Waals surface area contributed by atoms with Crippen LogP contribution in [0, 0.1) is 5.92 Å². The summed E-state index contributed by atoms with van der Waals surface area (Å²) in [6.07, 6.45) is 3.88. The van der Waals surface area contributed by atoms with Crippen molar-refractivity contribution < 1.29 is 4.79 Å². The van der Waals surface area contributed by atoms with Gasteiger partial charge in [-0.25, -0.2) is 9.97 Å². The smallest absolute Gasteiger partial charge is 0.274 e. The zero-order chi connectivity index (χ0) is 17.8. The summed E-state index contributed by atoms with van der Waals surface area (Å²) in [5, 5.41) is 2.90. The molecule has 6 nitrogen and oxygen atoms in total. The Labute approximate surface area is 148 Å². The lowest BCUT2D eigenvalue weighted by Crippen LogP contribution is -2.35. The first-order chi connectivity index (χ1) is 12.0. The number of rotatable bonds is 4. The Morgan fingerprint density at radius 2 is 2.00 bits per heavy atom. The Balaban J connectivity index is 1.70. The van der Waals surface area contributed by atoms with Crippen LogP contribution in [-0.4, -0.2) is 43.1 Å². The van der Waals surface area contributed by atoms with Crippen molar-refractivity contribution in [1.82, 2.24) is 9.97 Å². The molecule has 0 bridgehead atoms. The predicted octanol–water partition coefficient (Wildman–Crippen LogP) is 3.03. The molecule has 1 aliphatic heterocycles. The molecule has 1 aliphatic rings. The van der Waals surface area contributed by atoms with Crippen molar-refractivity contribution in [2.75, 3.05) is 42.3 Å². The van der Waals surface area contributed by atoms with E-state index in [1.807, 2.05) is 43.3 Å². The Bertz CT molecular complexity index is 729. The highest BCUT2D eigenvalue weighted by Crippen LogP contribution is 2.22. The van der Waals surface area contributed by atoms with Crippen molar-refractivity contribution in [2.24, 2.45) is 5.92 Å². The van der Waals surface area contributed by atoms with Crippen LogP contribution in [-0.2, 0) is 0 Å². The number of nitrogens with one attached hydrogen (secondary N) is 1. The van der Waals surface area contributed by atoms with Crippen LogP contribution in [0.3, 0.4) is 0 Å². The summed E-state index contributed by atoms with van der Waals surface area (Å²) < 4.78 is 0. The maximum atomic E-state index is 12.5. The Kier molecular flexibility index (Phi) is 5.16. The maximum absolute atomic E-state index is 12.5. The fourth-order valence-electron chi connectivity index (χ4n) is 3.08. The average molecular weight is 339 g/mol. The standard InChI is InChI=1S/C19H25N5O/c1-14-5-4-10-24(12-14)18-11-17(20-13-21-18)19(25)22-15-6-8-16(9-7-15)23(2)3/h6-9,11,13-14H,4-5,10,12H2,1-3H3,(H,22,25). The second-order valence-electron chi connectivity index (χ2n) is 6.85. The molecule has 3 rings (SSSR count). The molecule has 1 aromatic carbocycles. The minimum atomic E-state index is -0.216. The fraction of sp³-hybridized carbons (Fsp3) is 0.421. The van der Waals surface area contributed by atoms with Crippen molar-refractivity contribution in [1.29, 1.82) is 0 Å². The summed E-state index contributed by atoms with van der Waals surface area (Å²) in [6, 6.07) is 9.50. The van der Waals surface area contributed by atoms with E-state index < -0.39 is 0 Å². The van der Waals surface area contributed by atoms with Crippen molar-refractivity contribution >= 4 is 23.1 Å². The number of piperidine rings is 1. The molecule has 25 heavy (non-hydrogen) atoms. The summed E-state index contributed by atoms with van der Waals surface area (Å²) in [5.74, 6) is 1.26. The number of carbonyl (C=O) groups excluding carboxylic acids is 1. The van der Waals surface area contributed by atoms with E-state index in [0.29, 0.717) is 11.6 Å². The van der Waals surface area contributed by atoms with Crippen molar-refractivity contribution in [3.05, 3.63) is 42.4 Å². The molecule has 132 valence electrons. The molecule has 1 saturated heterocycles. The van der Waals surface area contributed by atoms with Gasteiger partial charge in [0, 0.05) is 44.6 Å². The number of aromatic nitrogens is 2. The number of carbonyl (C=O) groups is 1. The Morgan fingerprint density at radius 3 is 2.68 bits per heavy atom. The molecule has 0 spiro atoms. The van der Waals surface area contributed by atoms with Crippen LogP contribution in [0.2, 0.25) is 0 Å². The SMILES string of the molecule is CC1CCCN(c2cc(C(=O)Nc3ccc(N(C)C)cc3)ncn2)C1. The van der Waals surface area contributed by atoms with E-state index in [2.05, 4.69) is 27.1 Å². The molecule has 2 aromatic rings. The van der Waals surface area contributed by atoms with Crippen molar-refractivity contribution in [2.45, 2.75) is 19.8 Å². The van der Waals surface area contributed by atoms with Gasteiger partial charge in [-0.1, -0.05) is 6.92 Å². The van der Waals surface area contributed by atoms with Gasteiger partial charge >= 0.3 is 0 Å². The van der Waals surface area contributed by atoms with Crippen LogP contribution in [0.4, 0.5) is 17.2 Å². The third-order valence-corrected chi connectivity index (χ3v) is 4.51. The Morgan fingerprint density at radius 1 is 1.24 bits per heavy atom. The molecule has 1 fully saturated rings. The van der Waals surface area contributed by atoms with E-state index in [4.69, 9.17) is 0 Å². The number of amides is 1. The number of nitrogens with zero attached hydrogens (tertiary/aromatic N) is 4. The number of hydrogen-bond donors (Lipinski definition) is 1. The van der Waals surface area contributed by atoms with Gasteiger partial charge in [-0.2, -0.15) is 0 Å². The summed E-state index contributed by atoms with van der Waals surface area (Å²) in [5.41, 5.74) is 2.23. The largest absolute Gasteiger partial charge is 0.378 e. The minimum absolute atomic E-state index is 0.216. The van der Waals surface area contributed by atoms with Gasteiger partial charge in [0.2, 0.25) is 0 Å². The second-order valence-corrected chi connectivity index (χ2v) is 6.85. The minimum Gasteiger partial charge on any atom is -0.378 e. The summed E-state index contributed by atoms with van der Waals surface area (Å²) in [4.78, 5) is 25.2. The normalized spacial score (nSPS) is 17.2. The highest BCUT2D eigenvalue weighted by atomic mass is 16.1. The van der Waals surface area contributed by atoms with E-state index >= 15 is 0 Å². The molecule has 6 heteroatoms. The van der Waals surface area contributed by atoms with Crippen LogP contribution in [0.15, 0.2) is 36.7 Å². The van der Waals surface area contributed by atoms with Gasteiger partial charge in [-0.15, -0.1) is 0 Å². The van der Waals surface area contributed by atoms with E-state index in [1.165, 1.54) is 12.7 Å². The Hall–Kier alpha value is -2.63. The third-order valence-electron chi connectivity index (χ3n) is 4.51.